The van der Waals surface area contributed by atoms with E-state index in [1.165, 1.54) is 16.5 Å². The summed E-state index contributed by atoms with van der Waals surface area (Å²) in [4.78, 5) is 33.0. The molecule has 2 fully saturated rings. The molecule has 1 aliphatic carbocycles. The number of H-pyrrole nitrogens is 1. The number of benzene rings is 2. The van der Waals surface area contributed by atoms with E-state index in [1.54, 1.807) is 12.3 Å². The Hall–Kier alpha value is -4.64. The Labute approximate surface area is 272 Å². The number of rotatable bonds is 7. The summed E-state index contributed by atoms with van der Waals surface area (Å²) < 4.78 is 21.4. The summed E-state index contributed by atoms with van der Waals surface area (Å²) in [5.41, 5.74) is 7.05. The Morgan fingerprint density at radius 2 is 1.85 bits per heavy atom. The number of hydrogen-bond donors (Lipinski definition) is 2. The normalized spacial score (nSPS) is 17.5. The van der Waals surface area contributed by atoms with E-state index in [0.29, 0.717) is 22.8 Å². The van der Waals surface area contributed by atoms with E-state index in [2.05, 4.69) is 32.9 Å². The number of halogens is 1. The van der Waals surface area contributed by atoms with Crippen LogP contribution in [0.4, 0.5) is 10.1 Å². The topological polar surface area (TPSA) is 97.8 Å². The average molecular weight is 633 g/mol. The number of hydrogen-bond acceptors (Lipinski definition) is 7. The Morgan fingerprint density at radius 3 is 2.62 bits per heavy atom. The van der Waals surface area contributed by atoms with Crippen LogP contribution in [0.3, 0.4) is 0 Å². The van der Waals surface area contributed by atoms with Crippen molar-refractivity contribution in [2.24, 2.45) is 0 Å². The molecule has 5 heterocycles. The molecule has 5 aromatic rings. The first kappa shape index (κ1) is 29.7. The number of nitrogens with one attached hydrogen (secondary N) is 1. The smallest absolute Gasteiger partial charge is 0.265 e. The van der Waals surface area contributed by atoms with Gasteiger partial charge in [-0.25, -0.2) is 9.37 Å². The minimum Gasteiger partial charge on any atom is -0.491 e. The van der Waals surface area contributed by atoms with Gasteiger partial charge in [0.25, 0.3) is 5.91 Å². The molecule has 2 aliphatic heterocycles. The summed E-state index contributed by atoms with van der Waals surface area (Å²) in [6, 6.07) is 17.0. The van der Waals surface area contributed by atoms with E-state index in [9.17, 15) is 9.90 Å². The molecule has 0 spiro atoms. The number of piperazine rings is 1. The van der Waals surface area contributed by atoms with Gasteiger partial charge in [0.05, 0.1) is 30.2 Å². The van der Waals surface area contributed by atoms with Crippen LogP contribution < -0.4 is 9.64 Å². The number of aliphatic hydroxyl groups is 1. The lowest BCUT2D eigenvalue weighted by Crippen LogP contribution is -2.43. The minimum absolute atomic E-state index is 0.0650. The molecule has 1 saturated heterocycles. The zero-order chi connectivity index (χ0) is 32.1. The molecule has 3 aliphatic rings. The van der Waals surface area contributed by atoms with Gasteiger partial charge < -0.3 is 24.6 Å². The number of fused-ring (bicyclic) bond motifs is 2. The van der Waals surface area contributed by atoms with Crippen molar-refractivity contribution in [3.8, 4) is 28.3 Å². The predicted molar refractivity (Wildman–Crippen MR) is 179 cm³/mol. The Bertz CT molecular complexity index is 1960. The van der Waals surface area contributed by atoms with Crippen LogP contribution >= 0.6 is 0 Å². The number of amides is 1. The number of aromatic nitrogens is 3. The molecule has 47 heavy (non-hydrogen) atoms. The SMILES string of the molecule is CN1CCN(Cc2ccc(-c3cc4c(-c5cccc(N6CCOc7cc(C8CC8)cc(F)c7C6=O)c5CO)ccnc4[nH]3)nc2)CC1. The zero-order valence-corrected chi connectivity index (χ0v) is 26.4. The van der Waals surface area contributed by atoms with Crippen molar-refractivity contribution in [1.82, 2.24) is 24.8 Å². The van der Waals surface area contributed by atoms with Crippen molar-refractivity contribution < 1.29 is 19.0 Å². The first-order chi connectivity index (χ1) is 23.0. The summed E-state index contributed by atoms with van der Waals surface area (Å²) >= 11 is 0. The Morgan fingerprint density at radius 1 is 1.00 bits per heavy atom. The molecular weight excluding hydrogens is 595 g/mol. The second-order valence-electron chi connectivity index (χ2n) is 12.9. The number of aromatic amines is 1. The van der Waals surface area contributed by atoms with Gasteiger partial charge in [-0.1, -0.05) is 18.2 Å². The molecule has 0 unspecified atom stereocenters. The molecular formula is C37H37FN6O3. The van der Waals surface area contributed by atoms with E-state index >= 15 is 4.39 Å². The number of ether oxygens (including phenoxy) is 1. The number of likely N-dealkylation sites (N-methyl/N-ethyl adjacent to an activating group) is 1. The number of anilines is 1. The highest BCUT2D eigenvalue weighted by molar-refractivity contribution is 6.09. The molecule has 0 bridgehead atoms. The van der Waals surface area contributed by atoms with Crippen molar-refractivity contribution >= 4 is 22.6 Å². The standard InChI is InChI=1S/C37H37FN6O3/c1-42-11-13-43(14-12-42)21-23-5-8-31(40-20-23)32-19-28-27(9-10-39-36(28)41-32)26-3-2-4-33(29(26)22-45)44-15-16-47-34-18-25(24-6-7-24)17-30(38)35(34)37(44)46/h2-5,8-10,17-20,24,45H,6-7,11-16,21-22H2,1H3,(H,39,41). The van der Waals surface area contributed by atoms with Crippen LogP contribution in [0.2, 0.25) is 0 Å². The fourth-order valence-corrected chi connectivity index (χ4v) is 6.88. The summed E-state index contributed by atoms with van der Waals surface area (Å²) in [6.07, 6.45) is 5.72. The Kier molecular flexibility index (Phi) is 7.71. The third-order valence-corrected chi connectivity index (χ3v) is 9.68. The molecule has 8 rings (SSSR count). The van der Waals surface area contributed by atoms with E-state index < -0.39 is 11.7 Å². The van der Waals surface area contributed by atoms with Crippen molar-refractivity contribution in [2.45, 2.75) is 31.9 Å². The second kappa shape index (κ2) is 12.2. The zero-order valence-electron chi connectivity index (χ0n) is 26.4. The molecule has 1 amide bonds. The van der Waals surface area contributed by atoms with Crippen LogP contribution in [0, 0.1) is 5.82 Å². The van der Waals surface area contributed by atoms with Gasteiger partial charge in [0, 0.05) is 56.1 Å². The molecule has 10 heteroatoms. The predicted octanol–water partition coefficient (Wildman–Crippen LogP) is 5.59. The highest BCUT2D eigenvalue weighted by Gasteiger charge is 2.33. The van der Waals surface area contributed by atoms with Crippen molar-refractivity contribution in [1.29, 1.82) is 0 Å². The van der Waals surface area contributed by atoms with Crippen LogP contribution in [0.25, 0.3) is 33.5 Å². The third-order valence-electron chi connectivity index (χ3n) is 9.68. The second-order valence-corrected chi connectivity index (χ2v) is 12.9. The Balaban J connectivity index is 1.11. The molecule has 2 N–H and O–H groups in total. The number of pyridine rings is 2. The van der Waals surface area contributed by atoms with Gasteiger partial charge in [-0.3, -0.25) is 14.7 Å². The van der Waals surface area contributed by atoms with Gasteiger partial charge in [0.2, 0.25) is 0 Å². The van der Waals surface area contributed by atoms with Crippen LogP contribution in [0.15, 0.2) is 67.0 Å². The minimum atomic E-state index is -0.570. The fourth-order valence-electron chi connectivity index (χ4n) is 6.88. The lowest BCUT2D eigenvalue weighted by atomic mass is 9.96. The highest BCUT2D eigenvalue weighted by Crippen LogP contribution is 2.43. The van der Waals surface area contributed by atoms with E-state index in [-0.39, 0.29) is 31.1 Å². The number of carbonyl (C=O) groups excluding carboxylic acids is 1. The summed E-state index contributed by atoms with van der Waals surface area (Å²) in [7, 11) is 2.16. The average Bonchev–Trinajstić information content (AvgIpc) is 3.87. The van der Waals surface area contributed by atoms with E-state index in [1.807, 2.05) is 42.6 Å². The largest absolute Gasteiger partial charge is 0.491 e. The van der Waals surface area contributed by atoms with Crippen molar-refractivity contribution in [3.05, 3.63) is 95.1 Å². The maximum Gasteiger partial charge on any atom is 0.265 e. The van der Waals surface area contributed by atoms with Crippen LogP contribution in [-0.4, -0.2) is 82.1 Å². The lowest BCUT2D eigenvalue weighted by molar-refractivity contribution is 0.0985. The number of nitrogens with zero attached hydrogens (tertiary/aromatic N) is 5. The first-order valence-electron chi connectivity index (χ1n) is 16.3. The molecule has 0 atom stereocenters. The molecule has 0 radical (unpaired) electrons. The quantitative estimate of drug-likeness (QED) is 0.242. The summed E-state index contributed by atoms with van der Waals surface area (Å²) in [6.45, 7) is 5.25. The van der Waals surface area contributed by atoms with E-state index in [0.717, 1.165) is 79.0 Å². The fraction of sp³-hybridized carbons (Fsp3) is 0.324. The molecule has 2 aromatic carbocycles. The summed E-state index contributed by atoms with van der Waals surface area (Å²) in [5, 5.41) is 11.6. The molecule has 240 valence electrons. The van der Waals surface area contributed by atoms with Gasteiger partial charge in [-0.05, 0) is 84.5 Å². The first-order valence-corrected chi connectivity index (χ1v) is 16.3. The van der Waals surface area contributed by atoms with Gasteiger partial charge >= 0.3 is 0 Å². The van der Waals surface area contributed by atoms with Crippen molar-refractivity contribution in [3.63, 3.8) is 0 Å². The monoisotopic (exact) mass is 632 g/mol. The van der Waals surface area contributed by atoms with Crippen molar-refractivity contribution in [2.75, 3.05) is 51.3 Å². The van der Waals surface area contributed by atoms with Crippen LogP contribution in [-0.2, 0) is 13.2 Å². The maximum atomic E-state index is 15.4. The number of aliphatic hydroxyl groups excluding tert-OH is 1. The van der Waals surface area contributed by atoms with E-state index in [4.69, 9.17) is 9.72 Å². The third kappa shape index (κ3) is 5.66. The molecule has 9 nitrogen and oxygen atoms in total. The number of carbonyl (C=O) groups is 1. The lowest BCUT2D eigenvalue weighted by Gasteiger charge is -2.32. The van der Waals surface area contributed by atoms with Crippen LogP contribution in [0.5, 0.6) is 5.75 Å². The highest BCUT2D eigenvalue weighted by atomic mass is 19.1. The summed E-state index contributed by atoms with van der Waals surface area (Å²) in [5.74, 6) is -0.424. The molecule has 3 aromatic heterocycles. The molecule has 1 saturated carbocycles. The van der Waals surface area contributed by atoms with Crippen LogP contribution in [0.1, 0.15) is 45.8 Å². The van der Waals surface area contributed by atoms with Gasteiger partial charge in [0.1, 0.15) is 29.4 Å². The maximum absolute atomic E-state index is 15.4. The van der Waals surface area contributed by atoms with Gasteiger partial charge in [-0.15, -0.1) is 0 Å². The van der Waals surface area contributed by atoms with Gasteiger partial charge in [-0.2, -0.15) is 0 Å². The van der Waals surface area contributed by atoms with Gasteiger partial charge in [0.15, 0.2) is 0 Å².